The number of anilines is 1. The molecule has 1 amide bonds. The van der Waals surface area contributed by atoms with Gasteiger partial charge in [-0.15, -0.1) is 11.3 Å². The number of halogens is 1. The molecule has 0 aliphatic rings. The molecule has 0 spiro atoms. The lowest BCUT2D eigenvalue weighted by Crippen LogP contribution is -2.09. The Bertz CT molecular complexity index is 844. The Kier molecular flexibility index (Phi) is 3.52. The Labute approximate surface area is 129 Å². The summed E-state index contributed by atoms with van der Waals surface area (Å²) in [5.41, 5.74) is 2.52. The van der Waals surface area contributed by atoms with E-state index in [-0.39, 0.29) is 5.91 Å². The van der Waals surface area contributed by atoms with Crippen LogP contribution >= 0.6 is 22.9 Å². The van der Waals surface area contributed by atoms with Crippen molar-refractivity contribution in [3.8, 4) is 0 Å². The lowest BCUT2D eigenvalue weighted by molar-refractivity contribution is -0.111. The molecule has 0 atom stereocenters. The summed E-state index contributed by atoms with van der Waals surface area (Å²) >= 11 is 7.54. The Balaban J connectivity index is 1.79. The average Bonchev–Trinajstić information content (AvgIpc) is 3.08. The number of hydrogen-bond acceptors (Lipinski definition) is 4. The summed E-state index contributed by atoms with van der Waals surface area (Å²) < 4.78 is 1.83. The number of carbonyl (C=O) groups excluding carboxylic acids is 1. The van der Waals surface area contributed by atoms with Gasteiger partial charge in [-0.05, 0) is 19.9 Å². The van der Waals surface area contributed by atoms with E-state index in [1.807, 2.05) is 29.8 Å². The van der Waals surface area contributed by atoms with E-state index in [4.69, 9.17) is 11.6 Å². The molecule has 3 rings (SSSR count). The van der Waals surface area contributed by atoms with E-state index in [9.17, 15) is 4.79 Å². The number of fused-ring (bicyclic) bond motifs is 1. The number of rotatable bonds is 3. The Morgan fingerprint density at radius 2 is 2.33 bits per heavy atom. The molecule has 8 heteroatoms. The van der Waals surface area contributed by atoms with Gasteiger partial charge in [0, 0.05) is 28.9 Å². The minimum atomic E-state index is -0.272. The predicted molar refractivity (Wildman–Crippen MR) is 83.8 cm³/mol. The summed E-state index contributed by atoms with van der Waals surface area (Å²) in [5, 5.41) is 11.8. The minimum Gasteiger partial charge on any atom is -0.305 e. The number of aromatic nitrogens is 4. The molecule has 0 fully saturated rings. The Hall–Kier alpha value is -2.12. The van der Waals surface area contributed by atoms with Gasteiger partial charge in [0.2, 0.25) is 5.91 Å². The zero-order chi connectivity index (χ0) is 15.0. The number of hydrogen-bond donors (Lipinski definition) is 2. The second kappa shape index (κ2) is 5.34. The van der Waals surface area contributed by atoms with E-state index in [2.05, 4.69) is 20.5 Å². The van der Waals surface area contributed by atoms with E-state index in [0.29, 0.717) is 16.7 Å². The van der Waals surface area contributed by atoms with Crippen molar-refractivity contribution in [3.63, 3.8) is 0 Å². The lowest BCUT2D eigenvalue weighted by atomic mass is 10.3. The first kappa shape index (κ1) is 13.8. The molecule has 0 saturated heterocycles. The quantitative estimate of drug-likeness (QED) is 0.728. The Morgan fingerprint density at radius 1 is 1.52 bits per heavy atom. The third-order valence-electron chi connectivity index (χ3n) is 3.14. The van der Waals surface area contributed by atoms with E-state index < -0.39 is 0 Å². The van der Waals surface area contributed by atoms with Gasteiger partial charge in [-0.25, -0.2) is 4.98 Å². The predicted octanol–water partition coefficient (Wildman–Crippen LogP) is 3.04. The van der Waals surface area contributed by atoms with Crippen molar-refractivity contribution in [2.75, 3.05) is 5.32 Å². The fourth-order valence-electron chi connectivity index (χ4n) is 1.85. The van der Waals surface area contributed by atoms with E-state index >= 15 is 0 Å². The largest absolute Gasteiger partial charge is 0.305 e. The van der Waals surface area contributed by atoms with Gasteiger partial charge in [0.1, 0.15) is 0 Å². The van der Waals surface area contributed by atoms with Crippen molar-refractivity contribution in [1.29, 1.82) is 0 Å². The zero-order valence-electron chi connectivity index (χ0n) is 11.3. The van der Waals surface area contributed by atoms with Crippen molar-refractivity contribution in [2.24, 2.45) is 0 Å². The average molecular weight is 322 g/mol. The summed E-state index contributed by atoms with van der Waals surface area (Å²) in [6, 6.07) is 0. The summed E-state index contributed by atoms with van der Waals surface area (Å²) in [6.07, 6.45) is 4.91. The standard InChI is InChI=1S/C13H12ClN5OS/c1-7-8(2)17-18-12(7)15-10(20)4-3-9-11(14)16-13-19(9)5-6-21-13/h3-6H,1-2H3,(H2,15,17,18,20)/b4-3+. The van der Waals surface area contributed by atoms with Crippen LogP contribution in [0.15, 0.2) is 17.7 Å². The van der Waals surface area contributed by atoms with E-state index in [1.165, 1.54) is 17.4 Å². The zero-order valence-corrected chi connectivity index (χ0v) is 12.9. The smallest absolute Gasteiger partial charge is 0.249 e. The molecule has 0 aliphatic heterocycles. The van der Waals surface area contributed by atoms with Crippen LogP contribution < -0.4 is 5.32 Å². The molecule has 3 aromatic heterocycles. The molecular weight excluding hydrogens is 310 g/mol. The van der Waals surface area contributed by atoms with Crippen molar-refractivity contribution < 1.29 is 4.79 Å². The van der Waals surface area contributed by atoms with Crippen LogP contribution in [-0.4, -0.2) is 25.5 Å². The summed E-state index contributed by atoms with van der Waals surface area (Å²) in [4.78, 5) is 16.9. The first-order valence-electron chi connectivity index (χ1n) is 6.18. The van der Waals surface area contributed by atoms with Gasteiger partial charge < -0.3 is 5.32 Å². The molecule has 0 aromatic carbocycles. The van der Waals surface area contributed by atoms with Gasteiger partial charge in [0.15, 0.2) is 15.9 Å². The molecule has 6 nitrogen and oxygen atoms in total. The van der Waals surface area contributed by atoms with Crippen LogP contribution in [0.5, 0.6) is 0 Å². The highest BCUT2D eigenvalue weighted by molar-refractivity contribution is 7.15. The van der Waals surface area contributed by atoms with Crippen LogP contribution in [0, 0.1) is 13.8 Å². The fraction of sp³-hybridized carbons (Fsp3) is 0.154. The highest BCUT2D eigenvalue weighted by Gasteiger charge is 2.10. The van der Waals surface area contributed by atoms with Gasteiger partial charge in [-0.2, -0.15) is 5.10 Å². The maximum absolute atomic E-state index is 11.9. The first-order valence-corrected chi connectivity index (χ1v) is 7.43. The van der Waals surface area contributed by atoms with Crippen molar-refractivity contribution >= 4 is 45.7 Å². The summed E-state index contributed by atoms with van der Waals surface area (Å²) in [7, 11) is 0. The molecule has 21 heavy (non-hydrogen) atoms. The number of thiazole rings is 1. The molecule has 2 N–H and O–H groups in total. The monoisotopic (exact) mass is 321 g/mol. The van der Waals surface area contributed by atoms with Gasteiger partial charge in [0.05, 0.1) is 5.69 Å². The normalized spacial score (nSPS) is 11.6. The van der Waals surface area contributed by atoms with Crippen LogP contribution in [0.1, 0.15) is 17.0 Å². The van der Waals surface area contributed by atoms with Crippen LogP contribution in [0.2, 0.25) is 5.15 Å². The number of nitrogens with zero attached hydrogens (tertiary/aromatic N) is 3. The van der Waals surface area contributed by atoms with Gasteiger partial charge in [-0.3, -0.25) is 14.3 Å². The number of carbonyl (C=O) groups is 1. The fourth-order valence-corrected chi connectivity index (χ4v) is 2.85. The topological polar surface area (TPSA) is 75.1 Å². The molecular formula is C13H12ClN5OS. The molecule has 0 bridgehead atoms. The van der Waals surface area contributed by atoms with Crippen LogP contribution in [0.4, 0.5) is 5.82 Å². The molecule has 3 aromatic rings. The van der Waals surface area contributed by atoms with Gasteiger partial charge in [0.25, 0.3) is 0 Å². The highest BCUT2D eigenvalue weighted by atomic mass is 35.5. The molecule has 3 heterocycles. The van der Waals surface area contributed by atoms with Crippen molar-refractivity contribution in [1.82, 2.24) is 19.6 Å². The molecule has 108 valence electrons. The van der Waals surface area contributed by atoms with Crippen LogP contribution in [-0.2, 0) is 4.79 Å². The van der Waals surface area contributed by atoms with E-state index in [0.717, 1.165) is 16.2 Å². The highest BCUT2D eigenvalue weighted by Crippen LogP contribution is 2.22. The molecule has 0 aliphatic carbocycles. The molecule has 0 radical (unpaired) electrons. The number of nitrogens with one attached hydrogen (secondary N) is 2. The summed E-state index contributed by atoms with van der Waals surface area (Å²) in [5.74, 6) is 0.257. The number of aromatic amines is 1. The van der Waals surface area contributed by atoms with Crippen LogP contribution in [0.3, 0.4) is 0 Å². The third-order valence-corrected chi connectivity index (χ3v) is 4.18. The van der Waals surface area contributed by atoms with Crippen molar-refractivity contribution in [3.05, 3.63) is 39.8 Å². The second-order valence-electron chi connectivity index (χ2n) is 4.49. The third kappa shape index (κ3) is 2.57. The number of imidazole rings is 1. The molecule has 0 unspecified atom stereocenters. The maximum Gasteiger partial charge on any atom is 0.249 e. The Morgan fingerprint density at radius 3 is 3.05 bits per heavy atom. The molecule has 0 saturated carbocycles. The number of amides is 1. The number of aryl methyl sites for hydroxylation is 1. The number of H-pyrrole nitrogens is 1. The first-order chi connectivity index (χ1) is 10.1. The van der Waals surface area contributed by atoms with Gasteiger partial charge in [-0.1, -0.05) is 11.6 Å². The second-order valence-corrected chi connectivity index (χ2v) is 5.72. The van der Waals surface area contributed by atoms with Crippen LogP contribution in [0.25, 0.3) is 11.0 Å². The summed E-state index contributed by atoms with van der Waals surface area (Å²) in [6.45, 7) is 3.79. The van der Waals surface area contributed by atoms with E-state index in [1.54, 1.807) is 6.08 Å². The maximum atomic E-state index is 11.9. The SMILES string of the molecule is Cc1[nH]nc(NC(=O)/C=C/c2c(Cl)nc3sccn23)c1C. The van der Waals surface area contributed by atoms with Crippen molar-refractivity contribution in [2.45, 2.75) is 13.8 Å². The minimum absolute atomic E-state index is 0.272. The lowest BCUT2D eigenvalue weighted by Gasteiger charge is -1.98. The van der Waals surface area contributed by atoms with Gasteiger partial charge >= 0.3 is 0 Å².